The zero-order chi connectivity index (χ0) is 21.0. The van der Waals surface area contributed by atoms with E-state index in [2.05, 4.69) is 5.32 Å². The first-order chi connectivity index (χ1) is 13.8. The number of carbonyl (C=O) groups excluding carboxylic acids is 1. The zero-order valence-electron chi connectivity index (χ0n) is 16.4. The van der Waals surface area contributed by atoms with Gasteiger partial charge in [-0.3, -0.25) is 4.79 Å². The number of carbonyl (C=O) groups is 1. The number of benzene rings is 1. The highest BCUT2D eigenvalue weighted by atomic mass is 35.5. The lowest BCUT2D eigenvalue weighted by atomic mass is 9.85. The summed E-state index contributed by atoms with van der Waals surface area (Å²) in [4.78, 5) is 13.8. The summed E-state index contributed by atoms with van der Waals surface area (Å²) in [5.74, 6) is 0.0408. The van der Waals surface area contributed by atoms with Crippen LogP contribution in [0.25, 0.3) is 0 Å². The number of amides is 1. The molecule has 0 aliphatic carbocycles. The number of piperidine rings is 1. The van der Waals surface area contributed by atoms with E-state index in [-0.39, 0.29) is 22.0 Å². The first-order valence-corrected chi connectivity index (χ1v) is 13.3. The number of thioether (sulfide) groups is 1. The molecule has 0 saturated carbocycles. The van der Waals surface area contributed by atoms with Gasteiger partial charge in [0, 0.05) is 30.4 Å². The van der Waals surface area contributed by atoms with E-state index in [4.69, 9.17) is 11.6 Å². The predicted molar refractivity (Wildman–Crippen MR) is 120 cm³/mol. The zero-order valence-corrected chi connectivity index (χ0v) is 19.6. The van der Waals surface area contributed by atoms with Gasteiger partial charge in [-0.05, 0) is 54.8 Å². The number of thiophene rings is 1. The van der Waals surface area contributed by atoms with Gasteiger partial charge >= 0.3 is 0 Å². The smallest absolute Gasteiger partial charge is 0.252 e. The quantitative estimate of drug-likeness (QED) is 0.603. The SMILES string of the molecule is CSc1ccc(CNC(=O)C(C)C2CCN(S(=O)(=O)c3ccc(Cl)s3)CC2)cc1. The van der Waals surface area contributed by atoms with Crippen LogP contribution in [-0.4, -0.2) is 38.0 Å². The van der Waals surface area contributed by atoms with E-state index < -0.39 is 10.0 Å². The molecule has 1 atom stereocenters. The van der Waals surface area contributed by atoms with Crippen LogP contribution in [0, 0.1) is 11.8 Å². The van der Waals surface area contributed by atoms with Crippen LogP contribution < -0.4 is 5.32 Å². The molecule has 1 aliphatic rings. The van der Waals surface area contributed by atoms with Gasteiger partial charge in [0.25, 0.3) is 10.0 Å². The first-order valence-electron chi connectivity index (χ1n) is 9.47. The van der Waals surface area contributed by atoms with Crippen molar-refractivity contribution in [3.05, 3.63) is 46.3 Å². The van der Waals surface area contributed by atoms with Gasteiger partial charge in [-0.25, -0.2) is 8.42 Å². The van der Waals surface area contributed by atoms with E-state index in [1.165, 1.54) is 9.20 Å². The maximum absolute atomic E-state index is 12.7. The standard InChI is InChI=1S/C20H25ClN2O3S3/c1-14(20(24)22-13-15-3-5-17(27-2)6-4-15)16-9-11-23(12-10-16)29(25,26)19-8-7-18(21)28-19/h3-8,14,16H,9-13H2,1-2H3,(H,22,24). The Morgan fingerprint density at radius 3 is 2.45 bits per heavy atom. The van der Waals surface area contributed by atoms with Gasteiger partial charge in [0.2, 0.25) is 5.91 Å². The lowest BCUT2D eigenvalue weighted by Crippen LogP contribution is -2.42. The summed E-state index contributed by atoms with van der Waals surface area (Å²) in [6.07, 6.45) is 3.38. The maximum Gasteiger partial charge on any atom is 0.252 e. The van der Waals surface area contributed by atoms with Gasteiger partial charge in [-0.2, -0.15) is 4.31 Å². The van der Waals surface area contributed by atoms with Crippen molar-refractivity contribution in [2.45, 2.75) is 35.4 Å². The fraction of sp³-hybridized carbons (Fsp3) is 0.450. The van der Waals surface area contributed by atoms with Crippen molar-refractivity contribution in [1.29, 1.82) is 0 Å². The van der Waals surface area contributed by atoms with Crippen molar-refractivity contribution in [3.8, 4) is 0 Å². The molecule has 158 valence electrons. The van der Waals surface area contributed by atoms with Crippen molar-refractivity contribution in [2.75, 3.05) is 19.3 Å². The summed E-state index contributed by atoms with van der Waals surface area (Å²) < 4.78 is 27.7. The summed E-state index contributed by atoms with van der Waals surface area (Å²) in [5.41, 5.74) is 1.07. The van der Waals surface area contributed by atoms with Crippen molar-refractivity contribution < 1.29 is 13.2 Å². The van der Waals surface area contributed by atoms with E-state index in [0.717, 1.165) is 16.9 Å². The molecule has 2 heterocycles. The van der Waals surface area contributed by atoms with Crippen LogP contribution in [0.3, 0.4) is 0 Å². The fourth-order valence-electron chi connectivity index (χ4n) is 3.49. The Morgan fingerprint density at radius 2 is 1.90 bits per heavy atom. The summed E-state index contributed by atoms with van der Waals surface area (Å²) in [7, 11) is -3.50. The lowest BCUT2D eigenvalue weighted by molar-refractivity contribution is -0.126. The van der Waals surface area contributed by atoms with E-state index >= 15 is 0 Å². The topological polar surface area (TPSA) is 66.5 Å². The summed E-state index contributed by atoms with van der Waals surface area (Å²) >= 11 is 8.65. The Kier molecular flexibility index (Phi) is 7.67. The van der Waals surface area contributed by atoms with Crippen molar-refractivity contribution in [2.24, 2.45) is 11.8 Å². The Balaban J connectivity index is 1.51. The number of nitrogens with one attached hydrogen (secondary N) is 1. The summed E-state index contributed by atoms with van der Waals surface area (Å²) in [5, 5.41) is 3.01. The molecule has 1 amide bonds. The third-order valence-electron chi connectivity index (χ3n) is 5.39. The minimum Gasteiger partial charge on any atom is -0.352 e. The molecular formula is C20H25ClN2O3S3. The molecule has 0 radical (unpaired) electrons. The Labute approximate surface area is 185 Å². The first kappa shape index (κ1) is 22.6. The second-order valence-corrected chi connectivity index (χ2v) is 11.9. The predicted octanol–water partition coefficient (Wildman–Crippen LogP) is 4.48. The van der Waals surface area contributed by atoms with Gasteiger partial charge in [0.05, 0.1) is 4.34 Å². The molecule has 1 aliphatic heterocycles. The molecular weight excluding hydrogens is 448 g/mol. The number of hydrogen-bond donors (Lipinski definition) is 1. The molecule has 9 heteroatoms. The average molecular weight is 473 g/mol. The van der Waals surface area contributed by atoms with E-state index in [1.807, 2.05) is 37.4 Å². The Bertz CT molecular complexity index is 936. The van der Waals surface area contributed by atoms with Crippen LogP contribution in [0.4, 0.5) is 0 Å². The van der Waals surface area contributed by atoms with Crippen molar-refractivity contribution >= 4 is 50.6 Å². The van der Waals surface area contributed by atoms with Crippen LogP contribution in [0.15, 0.2) is 45.5 Å². The molecule has 1 fully saturated rings. The minimum atomic E-state index is -3.50. The average Bonchev–Trinajstić information content (AvgIpc) is 3.19. The van der Waals surface area contributed by atoms with Crippen molar-refractivity contribution in [1.82, 2.24) is 9.62 Å². The Hall–Kier alpha value is -1.06. The number of hydrogen-bond acceptors (Lipinski definition) is 5. The highest BCUT2D eigenvalue weighted by Gasteiger charge is 2.34. The van der Waals surface area contributed by atoms with Crippen LogP contribution in [0.2, 0.25) is 4.34 Å². The van der Waals surface area contributed by atoms with E-state index in [0.29, 0.717) is 36.8 Å². The molecule has 0 spiro atoms. The van der Waals surface area contributed by atoms with Gasteiger partial charge in [-0.15, -0.1) is 23.1 Å². The number of sulfonamides is 1. The molecule has 3 rings (SSSR count). The van der Waals surface area contributed by atoms with E-state index in [9.17, 15) is 13.2 Å². The highest BCUT2D eigenvalue weighted by molar-refractivity contribution is 7.98. The van der Waals surface area contributed by atoms with Crippen LogP contribution >= 0.6 is 34.7 Å². The summed E-state index contributed by atoms with van der Waals surface area (Å²) in [6.45, 7) is 3.29. The Morgan fingerprint density at radius 1 is 1.24 bits per heavy atom. The van der Waals surface area contributed by atoms with Gasteiger partial charge < -0.3 is 5.32 Å². The normalized spacial score (nSPS) is 17.2. The minimum absolute atomic E-state index is 0.0188. The molecule has 1 N–H and O–H groups in total. The van der Waals surface area contributed by atoms with Gasteiger partial charge in [-0.1, -0.05) is 30.7 Å². The van der Waals surface area contributed by atoms with Crippen LogP contribution in [-0.2, 0) is 21.4 Å². The number of nitrogens with zero attached hydrogens (tertiary/aromatic N) is 1. The number of rotatable bonds is 7. The molecule has 1 unspecified atom stereocenters. The third kappa shape index (κ3) is 5.55. The lowest BCUT2D eigenvalue weighted by Gasteiger charge is -2.33. The second-order valence-electron chi connectivity index (χ2n) is 7.15. The molecule has 1 aromatic carbocycles. The molecule has 5 nitrogen and oxygen atoms in total. The van der Waals surface area contributed by atoms with Crippen molar-refractivity contribution in [3.63, 3.8) is 0 Å². The molecule has 29 heavy (non-hydrogen) atoms. The fourth-order valence-corrected chi connectivity index (χ4v) is 7.00. The van der Waals surface area contributed by atoms with Gasteiger partial charge in [0.1, 0.15) is 4.21 Å². The monoisotopic (exact) mass is 472 g/mol. The molecule has 1 saturated heterocycles. The maximum atomic E-state index is 12.7. The van der Waals surface area contributed by atoms with Gasteiger partial charge in [0.15, 0.2) is 0 Å². The summed E-state index contributed by atoms with van der Waals surface area (Å²) in [6, 6.07) is 11.3. The number of halogens is 1. The van der Waals surface area contributed by atoms with E-state index in [1.54, 1.807) is 23.9 Å². The third-order valence-corrected chi connectivity index (χ3v) is 9.73. The van der Waals surface area contributed by atoms with Crippen LogP contribution in [0.5, 0.6) is 0 Å². The molecule has 2 aromatic rings. The molecule has 0 bridgehead atoms. The second kappa shape index (κ2) is 9.83. The largest absolute Gasteiger partial charge is 0.352 e. The van der Waals surface area contributed by atoms with Crippen LogP contribution in [0.1, 0.15) is 25.3 Å². The highest BCUT2D eigenvalue weighted by Crippen LogP contribution is 2.32. The molecule has 1 aromatic heterocycles.